The smallest absolute Gasteiger partial charge is 0.305 e. The quantitative estimate of drug-likeness (QED) is 0.788. The molecule has 16 heavy (non-hydrogen) atoms. The number of nitrogens with zero attached hydrogens (tertiary/aromatic N) is 1. The fraction of sp³-hybridized carbons (Fsp3) is 0.400. The van der Waals surface area contributed by atoms with Crippen LogP contribution in [-0.4, -0.2) is 35.0 Å². The molecule has 5 nitrogen and oxygen atoms in total. The van der Waals surface area contributed by atoms with Crippen molar-refractivity contribution in [3.8, 4) is 0 Å². The van der Waals surface area contributed by atoms with Crippen LogP contribution >= 0.6 is 11.3 Å². The molecular formula is C10H14N2O3S. The van der Waals surface area contributed by atoms with Crippen molar-refractivity contribution in [1.29, 1.82) is 0 Å². The summed E-state index contributed by atoms with van der Waals surface area (Å²) < 4.78 is 0. The average Bonchev–Trinajstić information content (AvgIpc) is 2.68. The number of hydrogen-bond donors (Lipinski definition) is 2. The zero-order valence-corrected chi connectivity index (χ0v) is 9.74. The maximum atomic E-state index is 11.6. The molecule has 1 amide bonds. The lowest BCUT2D eigenvalue weighted by atomic mass is 10.2. The fourth-order valence-electron chi connectivity index (χ4n) is 1.29. The molecule has 1 heterocycles. The second-order valence-electron chi connectivity index (χ2n) is 3.53. The Labute approximate surface area is 97.5 Å². The van der Waals surface area contributed by atoms with E-state index >= 15 is 0 Å². The Morgan fingerprint density at radius 1 is 1.62 bits per heavy atom. The zero-order valence-electron chi connectivity index (χ0n) is 8.92. The molecule has 1 atom stereocenters. The summed E-state index contributed by atoms with van der Waals surface area (Å²) in [5.74, 6) is -1.42. The van der Waals surface area contributed by atoms with Crippen molar-refractivity contribution in [3.63, 3.8) is 0 Å². The Hall–Kier alpha value is -1.40. The summed E-state index contributed by atoms with van der Waals surface area (Å²) >= 11 is 1.55. The fourth-order valence-corrected chi connectivity index (χ4v) is 1.95. The third-order valence-corrected chi connectivity index (χ3v) is 2.82. The van der Waals surface area contributed by atoms with Crippen LogP contribution in [0.2, 0.25) is 0 Å². The molecule has 0 radical (unpaired) electrons. The van der Waals surface area contributed by atoms with Gasteiger partial charge in [-0.15, -0.1) is 0 Å². The standard InChI is InChI=1S/C10H14N2O3S/c1-12(5-7-2-3-16-6-7)10(15)8(11)4-9(13)14/h2-3,6,8H,4-5,11H2,1H3,(H,13,14). The van der Waals surface area contributed by atoms with Gasteiger partial charge >= 0.3 is 5.97 Å². The van der Waals surface area contributed by atoms with Gasteiger partial charge in [0.25, 0.3) is 0 Å². The number of carbonyl (C=O) groups is 2. The number of thiophene rings is 1. The van der Waals surface area contributed by atoms with Crippen molar-refractivity contribution in [3.05, 3.63) is 22.4 Å². The predicted octanol–water partition coefficient (Wildman–Crippen LogP) is 0.508. The van der Waals surface area contributed by atoms with Gasteiger partial charge in [0, 0.05) is 13.6 Å². The SMILES string of the molecule is CN(Cc1ccsc1)C(=O)C(N)CC(=O)O. The van der Waals surface area contributed by atoms with Crippen LogP contribution in [0.4, 0.5) is 0 Å². The minimum Gasteiger partial charge on any atom is -0.481 e. The molecule has 3 N–H and O–H groups in total. The van der Waals surface area contributed by atoms with E-state index in [1.54, 1.807) is 18.4 Å². The highest BCUT2D eigenvalue weighted by atomic mass is 32.1. The van der Waals surface area contributed by atoms with Gasteiger partial charge in [0.05, 0.1) is 12.5 Å². The normalized spacial score (nSPS) is 12.1. The highest BCUT2D eigenvalue weighted by Crippen LogP contribution is 2.09. The summed E-state index contributed by atoms with van der Waals surface area (Å²) in [5.41, 5.74) is 6.50. The second kappa shape index (κ2) is 5.62. The number of carboxylic acid groups (broad SMARTS) is 1. The third kappa shape index (κ3) is 3.63. The highest BCUT2D eigenvalue weighted by molar-refractivity contribution is 7.07. The van der Waals surface area contributed by atoms with Gasteiger partial charge in [0.1, 0.15) is 0 Å². The molecule has 1 rings (SSSR count). The minimum atomic E-state index is -1.07. The molecule has 0 aliphatic rings. The van der Waals surface area contributed by atoms with Crippen LogP contribution in [-0.2, 0) is 16.1 Å². The van der Waals surface area contributed by atoms with E-state index in [2.05, 4.69) is 0 Å². The van der Waals surface area contributed by atoms with E-state index in [9.17, 15) is 9.59 Å². The zero-order chi connectivity index (χ0) is 12.1. The molecule has 0 aliphatic carbocycles. The first kappa shape index (κ1) is 12.7. The minimum absolute atomic E-state index is 0.340. The molecule has 0 aliphatic heterocycles. The van der Waals surface area contributed by atoms with Crippen molar-refractivity contribution < 1.29 is 14.7 Å². The molecular weight excluding hydrogens is 228 g/mol. The van der Waals surface area contributed by atoms with E-state index in [1.165, 1.54) is 4.90 Å². The van der Waals surface area contributed by atoms with E-state index in [-0.39, 0.29) is 12.3 Å². The van der Waals surface area contributed by atoms with E-state index in [4.69, 9.17) is 10.8 Å². The first-order valence-electron chi connectivity index (χ1n) is 4.74. The molecule has 88 valence electrons. The average molecular weight is 242 g/mol. The molecule has 0 fully saturated rings. The first-order valence-corrected chi connectivity index (χ1v) is 5.68. The number of carbonyl (C=O) groups excluding carboxylic acids is 1. The Bertz CT molecular complexity index is 364. The molecule has 0 bridgehead atoms. The maximum absolute atomic E-state index is 11.6. The Morgan fingerprint density at radius 2 is 2.31 bits per heavy atom. The van der Waals surface area contributed by atoms with E-state index in [0.717, 1.165) is 5.56 Å². The molecule has 0 aromatic carbocycles. The van der Waals surface area contributed by atoms with Gasteiger partial charge in [-0.2, -0.15) is 11.3 Å². The Morgan fingerprint density at radius 3 is 2.81 bits per heavy atom. The molecule has 6 heteroatoms. The number of hydrogen-bond acceptors (Lipinski definition) is 4. The van der Waals surface area contributed by atoms with Crippen molar-refractivity contribution in [2.45, 2.75) is 19.0 Å². The van der Waals surface area contributed by atoms with Crippen LogP contribution in [0.1, 0.15) is 12.0 Å². The maximum Gasteiger partial charge on any atom is 0.305 e. The molecule has 1 aromatic rings. The number of carboxylic acids is 1. The lowest BCUT2D eigenvalue weighted by Gasteiger charge is -2.19. The van der Waals surface area contributed by atoms with Crippen molar-refractivity contribution in [2.75, 3.05) is 7.05 Å². The summed E-state index contributed by atoms with van der Waals surface area (Å²) in [4.78, 5) is 23.5. The van der Waals surface area contributed by atoms with Crippen LogP contribution in [0.3, 0.4) is 0 Å². The van der Waals surface area contributed by atoms with Gasteiger partial charge in [-0.3, -0.25) is 9.59 Å². The number of amides is 1. The lowest BCUT2D eigenvalue weighted by molar-refractivity contribution is -0.141. The van der Waals surface area contributed by atoms with E-state index < -0.39 is 12.0 Å². The van der Waals surface area contributed by atoms with Crippen LogP contribution in [0.15, 0.2) is 16.8 Å². The summed E-state index contributed by atoms with van der Waals surface area (Å²) in [7, 11) is 1.61. The first-order chi connectivity index (χ1) is 7.50. The van der Waals surface area contributed by atoms with Crippen LogP contribution < -0.4 is 5.73 Å². The summed E-state index contributed by atoms with van der Waals surface area (Å²) in [6.45, 7) is 0.454. The lowest BCUT2D eigenvalue weighted by Crippen LogP contribution is -2.42. The molecule has 0 saturated carbocycles. The number of aliphatic carboxylic acids is 1. The van der Waals surface area contributed by atoms with Gasteiger partial charge < -0.3 is 15.7 Å². The van der Waals surface area contributed by atoms with E-state index in [1.807, 2.05) is 16.8 Å². The molecule has 0 spiro atoms. The molecule has 0 saturated heterocycles. The van der Waals surface area contributed by atoms with Gasteiger partial charge in [-0.25, -0.2) is 0 Å². The molecule has 1 unspecified atom stereocenters. The topological polar surface area (TPSA) is 83.6 Å². The Balaban J connectivity index is 2.50. The van der Waals surface area contributed by atoms with Crippen LogP contribution in [0.5, 0.6) is 0 Å². The molecule has 1 aromatic heterocycles. The number of rotatable bonds is 5. The van der Waals surface area contributed by atoms with Gasteiger partial charge in [0.15, 0.2) is 0 Å². The van der Waals surface area contributed by atoms with E-state index in [0.29, 0.717) is 6.54 Å². The van der Waals surface area contributed by atoms with Gasteiger partial charge in [-0.05, 0) is 22.4 Å². The van der Waals surface area contributed by atoms with Crippen molar-refractivity contribution in [1.82, 2.24) is 4.90 Å². The van der Waals surface area contributed by atoms with Gasteiger partial charge in [0.2, 0.25) is 5.91 Å². The van der Waals surface area contributed by atoms with Crippen molar-refractivity contribution >= 4 is 23.2 Å². The number of likely N-dealkylation sites (N-methyl/N-ethyl adjacent to an activating group) is 1. The summed E-state index contributed by atoms with van der Waals surface area (Å²) in [6.07, 6.45) is -0.340. The van der Waals surface area contributed by atoms with Gasteiger partial charge in [-0.1, -0.05) is 0 Å². The highest BCUT2D eigenvalue weighted by Gasteiger charge is 2.20. The number of nitrogens with two attached hydrogens (primary N) is 1. The van der Waals surface area contributed by atoms with Crippen LogP contribution in [0, 0.1) is 0 Å². The Kier molecular flexibility index (Phi) is 4.45. The predicted molar refractivity (Wildman–Crippen MR) is 61.0 cm³/mol. The summed E-state index contributed by atoms with van der Waals surface area (Å²) in [6, 6.07) is 0.943. The monoisotopic (exact) mass is 242 g/mol. The largest absolute Gasteiger partial charge is 0.481 e. The van der Waals surface area contributed by atoms with Crippen LogP contribution in [0.25, 0.3) is 0 Å². The summed E-state index contributed by atoms with van der Waals surface area (Å²) in [5, 5.41) is 12.4. The third-order valence-electron chi connectivity index (χ3n) is 2.09. The van der Waals surface area contributed by atoms with Crippen molar-refractivity contribution in [2.24, 2.45) is 5.73 Å². The second-order valence-corrected chi connectivity index (χ2v) is 4.31.